The standard InChI is InChI=1S/C7H6OS3.C5H2OS3.3ClH.Fe/c1-3-5-6(4(2)9-3)11-7(8)10-5;6-5-8-3-1-7-2-4(3)9-5;;;;/h1-2H3;1-2H;3*1H;/q;;;;;+3/p-3. The molecule has 0 aliphatic carbocycles. The zero-order valence-corrected chi connectivity index (χ0v) is 20.2. The molecule has 0 aromatic carbocycles. The Hall–Kier alpha value is 1.01. The summed E-state index contributed by atoms with van der Waals surface area (Å²) in [7, 11) is 14.7. The molecule has 4 rings (SSSR count). The van der Waals surface area contributed by atoms with Crippen LogP contribution < -0.4 is 8.11 Å². The van der Waals surface area contributed by atoms with Crippen molar-refractivity contribution >= 4 is 117 Å². The molecular weight excluding hydrogens is 531 g/mol. The molecule has 133 valence electrons. The number of aryl methyl sites for hydroxylation is 2. The summed E-state index contributed by atoms with van der Waals surface area (Å²) in [4.78, 5) is 24.2. The molecule has 4 aromatic rings. The number of rotatable bonds is 0. The molecular formula is C12H8Cl3FeO2S6. The van der Waals surface area contributed by atoms with Gasteiger partial charge in [-0.15, -0.1) is 22.7 Å². The van der Waals surface area contributed by atoms with Gasteiger partial charge < -0.3 is 0 Å². The molecule has 0 fully saturated rings. The van der Waals surface area contributed by atoms with Crippen molar-refractivity contribution in [3.8, 4) is 0 Å². The molecule has 0 N–H and O–H groups in total. The second-order valence-electron chi connectivity index (χ2n) is 4.03. The summed E-state index contributed by atoms with van der Waals surface area (Å²) < 4.78 is 5.08. The van der Waals surface area contributed by atoms with Crippen molar-refractivity contribution in [2.24, 2.45) is 0 Å². The van der Waals surface area contributed by atoms with Crippen LogP contribution in [-0.4, -0.2) is 0 Å². The second kappa shape index (κ2) is 9.80. The quantitative estimate of drug-likeness (QED) is 0.218. The number of thiophene rings is 2. The van der Waals surface area contributed by atoms with Gasteiger partial charge in [-0.2, -0.15) is 0 Å². The van der Waals surface area contributed by atoms with E-state index in [0.29, 0.717) is 0 Å². The predicted molar refractivity (Wildman–Crippen MR) is 115 cm³/mol. The molecule has 4 heterocycles. The average molecular weight is 539 g/mol. The average Bonchev–Trinajstić information content (AvgIpc) is 3.16. The monoisotopic (exact) mass is 537 g/mol. The second-order valence-corrected chi connectivity index (χ2v) is 16.2. The number of halogens is 3. The van der Waals surface area contributed by atoms with Crippen LogP contribution in [0.25, 0.3) is 18.8 Å². The first kappa shape index (κ1) is 21.3. The molecule has 0 atom stereocenters. The fourth-order valence-corrected chi connectivity index (χ4v) is 8.27. The molecule has 24 heavy (non-hydrogen) atoms. The van der Waals surface area contributed by atoms with Gasteiger partial charge in [0.2, 0.25) is 0 Å². The zero-order chi connectivity index (χ0) is 17.9. The number of fused-ring (bicyclic) bond motifs is 2. The van der Waals surface area contributed by atoms with Crippen LogP contribution in [0, 0.1) is 13.8 Å². The Balaban J connectivity index is 0.000000145. The van der Waals surface area contributed by atoms with Crippen LogP contribution in [0.4, 0.5) is 0 Å². The van der Waals surface area contributed by atoms with Crippen LogP contribution in [0.15, 0.2) is 20.3 Å². The van der Waals surface area contributed by atoms with Crippen molar-refractivity contribution in [1.29, 1.82) is 0 Å². The van der Waals surface area contributed by atoms with Gasteiger partial charge in [0.15, 0.2) is 0 Å². The van der Waals surface area contributed by atoms with E-state index in [1.165, 1.54) is 64.5 Å². The van der Waals surface area contributed by atoms with E-state index < -0.39 is 11.2 Å². The van der Waals surface area contributed by atoms with Crippen molar-refractivity contribution in [1.82, 2.24) is 0 Å². The van der Waals surface area contributed by atoms with E-state index in [2.05, 4.69) is 13.8 Å². The van der Waals surface area contributed by atoms with Crippen molar-refractivity contribution < 1.29 is 11.2 Å². The van der Waals surface area contributed by atoms with E-state index in [1.807, 2.05) is 10.8 Å². The van der Waals surface area contributed by atoms with Crippen LogP contribution in [0.1, 0.15) is 9.75 Å². The summed E-state index contributed by atoms with van der Waals surface area (Å²) in [6.45, 7) is 4.14. The number of hydrogen-bond donors (Lipinski definition) is 0. The predicted octanol–water partition coefficient (Wildman–Crippen LogP) is 7.45. The minimum absolute atomic E-state index is 0.202. The van der Waals surface area contributed by atoms with Gasteiger partial charge in [-0.3, -0.25) is 9.59 Å². The van der Waals surface area contributed by atoms with Crippen molar-refractivity contribution in [3.63, 3.8) is 0 Å². The van der Waals surface area contributed by atoms with Crippen LogP contribution in [-0.2, 0) is 11.2 Å². The van der Waals surface area contributed by atoms with E-state index in [0.717, 1.165) is 9.40 Å². The van der Waals surface area contributed by atoms with Gasteiger partial charge in [0, 0.05) is 20.5 Å². The first-order valence-electron chi connectivity index (χ1n) is 5.90. The molecule has 0 aliphatic heterocycles. The normalized spacial score (nSPS) is 11.0. The molecule has 0 amide bonds. The Morgan fingerprint density at radius 2 is 1.12 bits per heavy atom. The van der Waals surface area contributed by atoms with Crippen molar-refractivity contribution in [2.75, 3.05) is 0 Å². The molecule has 0 saturated heterocycles. The molecule has 0 aliphatic rings. The SMILES string of the molecule is Cc1sc(C)c2sc(=O)sc12.O=c1sc2cscc2s1.[Cl][Fe]([Cl])[Cl]. The van der Waals surface area contributed by atoms with Gasteiger partial charge in [0.05, 0.1) is 18.8 Å². The van der Waals surface area contributed by atoms with E-state index in [1.54, 1.807) is 22.7 Å². The third-order valence-electron chi connectivity index (χ3n) is 2.50. The van der Waals surface area contributed by atoms with Gasteiger partial charge in [-0.1, -0.05) is 45.3 Å². The van der Waals surface area contributed by atoms with Gasteiger partial charge in [-0.05, 0) is 13.8 Å². The summed E-state index contributed by atoms with van der Waals surface area (Å²) in [6, 6.07) is 0. The molecule has 0 radical (unpaired) electrons. The summed E-state index contributed by atoms with van der Waals surface area (Å²) >= 11 is 7.51. The summed E-state index contributed by atoms with van der Waals surface area (Å²) in [6.07, 6.45) is 0. The third-order valence-corrected chi connectivity index (χ3v) is 9.29. The van der Waals surface area contributed by atoms with Crippen molar-refractivity contribution in [3.05, 3.63) is 38.2 Å². The van der Waals surface area contributed by atoms with Gasteiger partial charge in [-0.25, -0.2) is 0 Å². The molecule has 12 heteroatoms. The number of hydrogen-bond acceptors (Lipinski definition) is 8. The van der Waals surface area contributed by atoms with E-state index in [9.17, 15) is 9.59 Å². The van der Waals surface area contributed by atoms with E-state index in [-0.39, 0.29) is 8.11 Å². The Morgan fingerprint density at radius 1 is 0.750 bits per heavy atom. The van der Waals surface area contributed by atoms with Gasteiger partial charge >= 0.3 is 41.5 Å². The van der Waals surface area contributed by atoms with Crippen molar-refractivity contribution in [2.45, 2.75) is 13.8 Å². The van der Waals surface area contributed by atoms with Crippen LogP contribution in [0.5, 0.6) is 0 Å². The Kier molecular flexibility index (Phi) is 8.70. The fraction of sp³-hybridized carbons (Fsp3) is 0.167. The Morgan fingerprint density at radius 3 is 1.54 bits per heavy atom. The Bertz CT molecular complexity index is 965. The van der Waals surface area contributed by atoms with Gasteiger partial charge in [0.25, 0.3) is 8.11 Å². The maximum absolute atomic E-state index is 11.0. The first-order valence-corrected chi connectivity index (χ1v) is 15.5. The van der Waals surface area contributed by atoms with Crippen LogP contribution in [0.2, 0.25) is 0 Å². The molecule has 0 unspecified atom stereocenters. The Labute approximate surface area is 178 Å². The maximum atomic E-state index is 11.0. The minimum atomic E-state index is -1.33. The third kappa shape index (κ3) is 6.03. The summed E-state index contributed by atoms with van der Waals surface area (Å²) in [5, 5.41) is 4.02. The van der Waals surface area contributed by atoms with Crippen LogP contribution >= 0.6 is 98.3 Å². The molecule has 4 aromatic heterocycles. The topological polar surface area (TPSA) is 34.1 Å². The summed E-state index contributed by atoms with van der Waals surface area (Å²) in [5.41, 5.74) is 0. The van der Waals surface area contributed by atoms with E-state index in [4.69, 9.17) is 30.3 Å². The zero-order valence-electron chi connectivity index (χ0n) is 11.9. The molecule has 0 spiro atoms. The molecule has 0 bridgehead atoms. The fourth-order valence-electron chi connectivity index (χ4n) is 1.69. The molecule has 0 saturated carbocycles. The van der Waals surface area contributed by atoms with Crippen LogP contribution in [0.3, 0.4) is 0 Å². The molecule has 2 nitrogen and oxygen atoms in total. The van der Waals surface area contributed by atoms with Gasteiger partial charge in [0.1, 0.15) is 0 Å². The van der Waals surface area contributed by atoms with E-state index >= 15 is 0 Å². The first-order chi connectivity index (χ1) is 11.3. The summed E-state index contributed by atoms with van der Waals surface area (Å²) in [5.74, 6) is 0.